The molecule has 1 aliphatic carbocycles. The van der Waals surface area contributed by atoms with Gasteiger partial charge in [-0.25, -0.2) is 9.59 Å². The molecular formula is C12H16O6. The van der Waals surface area contributed by atoms with E-state index >= 15 is 0 Å². The molecule has 0 saturated carbocycles. The van der Waals surface area contributed by atoms with Crippen LogP contribution in [0.15, 0.2) is 12.2 Å². The number of carbonyl (C=O) groups excluding carboxylic acids is 3. The van der Waals surface area contributed by atoms with E-state index in [9.17, 15) is 19.5 Å². The quantitative estimate of drug-likeness (QED) is 0.329. The van der Waals surface area contributed by atoms with E-state index in [-0.39, 0.29) is 0 Å². The third-order valence-electron chi connectivity index (χ3n) is 3.00. The Hall–Kier alpha value is -1.69. The van der Waals surface area contributed by atoms with Gasteiger partial charge in [0.1, 0.15) is 0 Å². The van der Waals surface area contributed by atoms with Gasteiger partial charge in [-0.1, -0.05) is 12.2 Å². The molecule has 0 radical (unpaired) electrons. The minimum atomic E-state index is -2.50. The maximum Gasteiger partial charge on any atom is 0.378 e. The third kappa shape index (κ3) is 2.43. The summed E-state index contributed by atoms with van der Waals surface area (Å²) in [6, 6.07) is 0. The molecule has 1 N–H and O–H groups in total. The topological polar surface area (TPSA) is 89.9 Å². The molecule has 0 aromatic carbocycles. The Morgan fingerprint density at radius 3 is 2.39 bits per heavy atom. The molecule has 0 aromatic rings. The molecule has 2 unspecified atom stereocenters. The van der Waals surface area contributed by atoms with E-state index in [2.05, 4.69) is 9.47 Å². The molecule has 0 spiro atoms. The van der Waals surface area contributed by atoms with Gasteiger partial charge in [0.2, 0.25) is 5.60 Å². The van der Waals surface area contributed by atoms with E-state index in [1.165, 1.54) is 0 Å². The molecule has 18 heavy (non-hydrogen) atoms. The number of ether oxygens (including phenoxy) is 2. The number of allylic oxidation sites excluding steroid dienone is 1. The fraction of sp³-hybridized carbons (Fsp3) is 0.583. The normalized spacial score (nSPS) is 21.8. The van der Waals surface area contributed by atoms with Gasteiger partial charge < -0.3 is 14.6 Å². The van der Waals surface area contributed by atoms with Crippen molar-refractivity contribution >= 4 is 17.7 Å². The number of aliphatic hydroxyl groups is 1. The van der Waals surface area contributed by atoms with Crippen LogP contribution in [0.5, 0.6) is 0 Å². The molecule has 6 heteroatoms. The summed E-state index contributed by atoms with van der Waals surface area (Å²) >= 11 is 0. The Balaban J connectivity index is 3.13. The van der Waals surface area contributed by atoms with Crippen LogP contribution >= 0.6 is 0 Å². The molecular weight excluding hydrogens is 240 g/mol. The van der Waals surface area contributed by atoms with Crippen molar-refractivity contribution in [2.75, 3.05) is 14.2 Å². The Labute approximate surface area is 105 Å². The largest absolute Gasteiger partial charge is 0.467 e. The number of ketones is 1. The molecule has 2 atom stereocenters. The highest BCUT2D eigenvalue weighted by Crippen LogP contribution is 2.30. The van der Waals surface area contributed by atoms with Crippen molar-refractivity contribution in [1.29, 1.82) is 0 Å². The maximum atomic E-state index is 11.8. The Kier molecular flexibility index (Phi) is 4.61. The molecule has 0 fully saturated rings. The van der Waals surface area contributed by atoms with E-state index in [0.717, 1.165) is 27.1 Å². The van der Waals surface area contributed by atoms with Crippen molar-refractivity contribution in [3.05, 3.63) is 12.2 Å². The van der Waals surface area contributed by atoms with Crippen LogP contribution in [0.25, 0.3) is 0 Å². The number of rotatable bonds is 4. The zero-order chi connectivity index (χ0) is 13.8. The van der Waals surface area contributed by atoms with Crippen molar-refractivity contribution in [3.63, 3.8) is 0 Å². The summed E-state index contributed by atoms with van der Waals surface area (Å²) in [4.78, 5) is 34.8. The molecule has 1 rings (SSSR count). The van der Waals surface area contributed by atoms with Gasteiger partial charge in [0.25, 0.3) is 5.78 Å². The number of hydrogen-bond acceptors (Lipinski definition) is 6. The third-order valence-corrected chi connectivity index (χ3v) is 3.00. The zero-order valence-electron chi connectivity index (χ0n) is 10.3. The van der Waals surface area contributed by atoms with Gasteiger partial charge in [0.15, 0.2) is 0 Å². The van der Waals surface area contributed by atoms with Crippen LogP contribution in [0, 0.1) is 5.92 Å². The van der Waals surface area contributed by atoms with Crippen molar-refractivity contribution in [2.24, 2.45) is 5.92 Å². The Bertz CT molecular complexity index is 386. The standard InChI is InChI=1S/C12H16O6/c1-17-10(14)9(13)12(16,11(15)18-2)8-6-4-3-5-7-8/h4,6,8,16H,3,5,7H2,1-2H3. The minimum Gasteiger partial charge on any atom is -0.467 e. The molecule has 6 nitrogen and oxygen atoms in total. The summed E-state index contributed by atoms with van der Waals surface area (Å²) in [7, 11) is 2.05. The molecule has 0 aromatic heterocycles. The lowest BCUT2D eigenvalue weighted by Crippen LogP contribution is -2.56. The van der Waals surface area contributed by atoms with Crippen LogP contribution < -0.4 is 0 Å². The van der Waals surface area contributed by atoms with Crippen LogP contribution in [0.3, 0.4) is 0 Å². The van der Waals surface area contributed by atoms with E-state index in [1.54, 1.807) is 12.2 Å². The van der Waals surface area contributed by atoms with Gasteiger partial charge in [-0.3, -0.25) is 4.79 Å². The van der Waals surface area contributed by atoms with Crippen LogP contribution in [0.1, 0.15) is 19.3 Å². The first-order chi connectivity index (χ1) is 8.48. The Morgan fingerprint density at radius 1 is 1.28 bits per heavy atom. The summed E-state index contributed by atoms with van der Waals surface area (Å²) in [5, 5.41) is 10.3. The molecule has 0 aliphatic heterocycles. The van der Waals surface area contributed by atoms with Gasteiger partial charge >= 0.3 is 11.9 Å². The van der Waals surface area contributed by atoms with Crippen molar-refractivity contribution < 1.29 is 29.0 Å². The molecule has 1 aliphatic rings. The monoisotopic (exact) mass is 256 g/mol. The smallest absolute Gasteiger partial charge is 0.378 e. The first-order valence-electron chi connectivity index (χ1n) is 5.58. The van der Waals surface area contributed by atoms with Gasteiger partial charge in [-0.2, -0.15) is 0 Å². The van der Waals surface area contributed by atoms with Gasteiger partial charge in [-0.05, 0) is 19.3 Å². The van der Waals surface area contributed by atoms with Crippen molar-refractivity contribution in [2.45, 2.75) is 24.9 Å². The lowest BCUT2D eigenvalue weighted by molar-refractivity contribution is -0.179. The highest BCUT2D eigenvalue weighted by atomic mass is 16.5. The van der Waals surface area contributed by atoms with E-state index in [1.807, 2.05) is 0 Å². The SMILES string of the molecule is COC(=O)C(=O)C(O)(C(=O)OC)C1C=CCCC1. The number of hydrogen-bond donors (Lipinski definition) is 1. The summed E-state index contributed by atoms with van der Waals surface area (Å²) in [5.41, 5.74) is -2.50. The molecule has 100 valence electrons. The molecule has 0 saturated heterocycles. The lowest BCUT2D eigenvalue weighted by atomic mass is 9.78. The zero-order valence-corrected chi connectivity index (χ0v) is 10.3. The van der Waals surface area contributed by atoms with E-state index < -0.39 is 29.2 Å². The molecule has 0 amide bonds. The fourth-order valence-electron chi connectivity index (χ4n) is 1.98. The first kappa shape index (κ1) is 14.4. The van der Waals surface area contributed by atoms with E-state index in [4.69, 9.17) is 0 Å². The van der Waals surface area contributed by atoms with Gasteiger partial charge in [0.05, 0.1) is 14.2 Å². The lowest BCUT2D eigenvalue weighted by Gasteiger charge is -2.30. The number of Topliss-reactive ketones (excluding diaryl/α,β-unsaturated/α-hetero) is 1. The van der Waals surface area contributed by atoms with Gasteiger partial charge in [-0.15, -0.1) is 0 Å². The van der Waals surface area contributed by atoms with Crippen molar-refractivity contribution in [1.82, 2.24) is 0 Å². The number of carbonyl (C=O) groups is 3. The van der Waals surface area contributed by atoms with Crippen LogP contribution in [-0.4, -0.2) is 42.6 Å². The highest BCUT2D eigenvalue weighted by Gasteiger charge is 2.54. The summed E-state index contributed by atoms with van der Waals surface area (Å²) in [6.45, 7) is 0. The predicted molar refractivity (Wildman–Crippen MR) is 60.5 cm³/mol. The summed E-state index contributed by atoms with van der Waals surface area (Å²) in [5.74, 6) is -4.48. The van der Waals surface area contributed by atoms with Crippen LogP contribution in [0.4, 0.5) is 0 Å². The highest BCUT2D eigenvalue weighted by molar-refractivity contribution is 6.41. The fourth-order valence-corrected chi connectivity index (χ4v) is 1.98. The van der Waals surface area contributed by atoms with E-state index in [0.29, 0.717) is 6.42 Å². The van der Waals surface area contributed by atoms with Gasteiger partial charge in [0, 0.05) is 5.92 Å². The minimum absolute atomic E-state index is 0.421. The second-order valence-corrected chi connectivity index (χ2v) is 4.04. The maximum absolute atomic E-state index is 11.8. The average Bonchev–Trinajstić information content (AvgIpc) is 2.44. The first-order valence-corrected chi connectivity index (χ1v) is 5.58. The number of methoxy groups -OCH3 is 2. The van der Waals surface area contributed by atoms with Crippen molar-refractivity contribution in [3.8, 4) is 0 Å². The second-order valence-electron chi connectivity index (χ2n) is 4.04. The van der Waals surface area contributed by atoms with Crippen LogP contribution in [-0.2, 0) is 23.9 Å². The second kappa shape index (κ2) is 5.77. The Morgan fingerprint density at radius 2 is 1.94 bits per heavy atom. The number of esters is 2. The summed E-state index contributed by atoms with van der Waals surface area (Å²) < 4.78 is 8.70. The average molecular weight is 256 g/mol. The predicted octanol–water partition coefficient (Wildman–Crippen LogP) is -0.0111. The van der Waals surface area contributed by atoms with Crippen LogP contribution in [0.2, 0.25) is 0 Å². The summed E-state index contributed by atoms with van der Waals surface area (Å²) in [6.07, 6.45) is 5.26. The molecule has 0 heterocycles. The molecule has 0 bridgehead atoms.